The van der Waals surface area contributed by atoms with Gasteiger partial charge in [0.15, 0.2) is 10.8 Å². The number of likely N-dealkylation sites (tertiary alicyclic amines) is 1. The monoisotopic (exact) mass is 305 g/mol. The molecule has 3 rings (SSSR count). The van der Waals surface area contributed by atoms with Crippen molar-refractivity contribution in [3.8, 4) is 10.8 Å². The third kappa shape index (κ3) is 3.01. The lowest BCUT2D eigenvalue weighted by Crippen LogP contribution is -2.42. The van der Waals surface area contributed by atoms with Crippen LogP contribution in [0.15, 0.2) is 28.2 Å². The van der Waals surface area contributed by atoms with Gasteiger partial charge in [-0.05, 0) is 31.5 Å². The van der Waals surface area contributed by atoms with E-state index in [4.69, 9.17) is 4.42 Å². The first-order valence-corrected chi connectivity index (χ1v) is 7.96. The van der Waals surface area contributed by atoms with Gasteiger partial charge in [0.1, 0.15) is 0 Å². The van der Waals surface area contributed by atoms with Crippen molar-refractivity contribution < 1.29 is 9.21 Å². The molecule has 112 valence electrons. The van der Waals surface area contributed by atoms with E-state index < -0.39 is 0 Å². The van der Waals surface area contributed by atoms with Crippen molar-refractivity contribution in [2.24, 2.45) is 0 Å². The van der Waals surface area contributed by atoms with E-state index in [2.05, 4.69) is 9.88 Å². The predicted molar refractivity (Wildman–Crippen MR) is 81.9 cm³/mol. The van der Waals surface area contributed by atoms with Gasteiger partial charge in [-0.3, -0.25) is 9.69 Å². The summed E-state index contributed by atoms with van der Waals surface area (Å²) in [6, 6.07) is 3.77. The minimum Gasteiger partial charge on any atom is -0.462 e. The Morgan fingerprint density at radius 3 is 3.14 bits per heavy atom. The number of thiazole rings is 1. The SMILES string of the molecule is CN(C)C(=O)[C@@H]1CCCN1Cc1csc(-c2ccco2)n1. The van der Waals surface area contributed by atoms with Crippen LogP contribution >= 0.6 is 11.3 Å². The highest BCUT2D eigenvalue weighted by atomic mass is 32.1. The molecule has 0 radical (unpaired) electrons. The Morgan fingerprint density at radius 2 is 2.43 bits per heavy atom. The van der Waals surface area contributed by atoms with E-state index in [1.165, 1.54) is 0 Å². The summed E-state index contributed by atoms with van der Waals surface area (Å²) >= 11 is 1.58. The molecule has 1 aliphatic heterocycles. The molecule has 0 aliphatic carbocycles. The smallest absolute Gasteiger partial charge is 0.239 e. The van der Waals surface area contributed by atoms with E-state index in [9.17, 15) is 4.79 Å². The standard InChI is InChI=1S/C15H19N3O2S/c1-17(2)15(19)12-5-3-7-18(12)9-11-10-21-14(16-11)13-6-4-8-20-13/h4,6,8,10,12H,3,5,7,9H2,1-2H3/t12-/m0/s1. The number of aromatic nitrogens is 1. The Hall–Kier alpha value is -1.66. The first kappa shape index (κ1) is 14.3. The fraction of sp³-hybridized carbons (Fsp3) is 0.467. The van der Waals surface area contributed by atoms with Crippen molar-refractivity contribution in [2.45, 2.75) is 25.4 Å². The molecule has 1 atom stereocenters. The van der Waals surface area contributed by atoms with E-state index in [-0.39, 0.29) is 11.9 Å². The van der Waals surface area contributed by atoms with Crippen LogP contribution in [-0.2, 0) is 11.3 Å². The van der Waals surface area contributed by atoms with Crippen LogP contribution in [0.4, 0.5) is 0 Å². The molecule has 3 heterocycles. The Labute approximate surface area is 128 Å². The lowest BCUT2D eigenvalue weighted by Gasteiger charge is -2.25. The van der Waals surface area contributed by atoms with Gasteiger partial charge in [0.2, 0.25) is 5.91 Å². The van der Waals surface area contributed by atoms with Crippen molar-refractivity contribution in [1.82, 2.24) is 14.8 Å². The minimum absolute atomic E-state index is 0.00578. The maximum Gasteiger partial charge on any atom is 0.239 e. The molecular formula is C15H19N3O2S. The van der Waals surface area contributed by atoms with Crippen LogP contribution in [0.2, 0.25) is 0 Å². The second-order valence-corrected chi connectivity index (χ2v) is 6.34. The summed E-state index contributed by atoms with van der Waals surface area (Å²) in [6.07, 6.45) is 3.66. The van der Waals surface area contributed by atoms with Gasteiger partial charge < -0.3 is 9.32 Å². The number of carbonyl (C=O) groups is 1. The van der Waals surface area contributed by atoms with E-state index in [0.29, 0.717) is 0 Å². The molecule has 0 unspecified atom stereocenters. The highest BCUT2D eigenvalue weighted by Crippen LogP contribution is 2.26. The molecule has 1 amide bonds. The van der Waals surface area contributed by atoms with Crippen LogP contribution in [0.1, 0.15) is 18.5 Å². The number of hydrogen-bond acceptors (Lipinski definition) is 5. The zero-order valence-electron chi connectivity index (χ0n) is 12.3. The molecule has 5 nitrogen and oxygen atoms in total. The zero-order chi connectivity index (χ0) is 14.8. The highest BCUT2D eigenvalue weighted by molar-refractivity contribution is 7.13. The summed E-state index contributed by atoms with van der Waals surface area (Å²) in [5, 5.41) is 2.94. The van der Waals surface area contributed by atoms with Crippen molar-refractivity contribution in [2.75, 3.05) is 20.6 Å². The largest absolute Gasteiger partial charge is 0.462 e. The molecule has 1 saturated heterocycles. The molecule has 2 aromatic heterocycles. The van der Waals surface area contributed by atoms with Crippen molar-refractivity contribution in [3.63, 3.8) is 0 Å². The maximum atomic E-state index is 12.2. The van der Waals surface area contributed by atoms with Gasteiger partial charge in [-0.15, -0.1) is 11.3 Å². The average Bonchev–Trinajstić information content (AvgIpc) is 3.19. The first-order valence-electron chi connectivity index (χ1n) is 7.08. The van der Waals surface area contributed by atoms with E-state index in [0.717, 1.165) is 42.4 Å². The third-order valence-corrected chi connectivity index (χ3v) is 4.64. The van der Waals surface area contributed by atoms with Gasteiger partial charge in [-0.1, -0.05) is 0 Å². The Kier molecular flexibility index (Phi) is 4.07. The summed E-state index contributed by atoms with van der Waals surface area (Å²) in [5.74, 6) is 0.988. The van der Waals surface area contributed by atoms with E-state index in [1.54, 1.807) is 22.5 Å². The number of furan rings is 1. The molecule has 6 heteroatoms. The molecule has 2 aromatic rings. The molecule has 0 saturated carbocycles. The molecule has 1 aliphatic rings. The van der Waals surface area contributed by atoms with Crippen LogP contribution in [0, 0.1) is 0 Å². The second-order valence-electron chi connectivity index (χ2n) is 5.48. The van der Waals surface area contributed by atoms with Crippen LogP contribution in [-0.4, -0.2) is 47.4 Å². The highest BCUT2D eigenvalue weighted by Gasteiger charge is 2.31. The van der Waals surface area contributed by atoms with Gasteiger partial charge in [0, 0.05) is 26.0 Å². The molecular weight excluding hydrogens is 286 g/mol. The first-order chi connectivity index (χ1) is 10.1. The fourth-order valence-corrected chi connectivity index (χ4v) is 3.47. The Balaban J connectivity index is 1.70. The van der Waals surface area contributed by atoms with Crippen LogP contribution < -0.4 is 0 Å². The third-order valence-electron chi connectivity index (χ3n) is 3.74. The van der Waals surface area contributed by atoms with Gasteiger partial charge in [-0.2, -0.15) is 0 Å². The fourth-order valence-electron chi connectivity index (χ4n) is 2.69. The lowest BCUT2D eigenvalue weighted by molar-refractivity contribution is -0.133. The van der Waals surface area contributed by atoms with Gasteiger partial charge >= 0.3 is 0 Å². The van der Waals surface area contributed by atoms with E-state index >= 15 is 0 Å². The Morgan fingerprint density at radius 1 is 1.57 bits per heavy atom. The number of carbonyl (C=O) groups excluding carboxylic acids is 1. The zero-order valence-corrected chi connectivity index (χ0v) is 13.1. The number of rotatable bonds is 4. The molecule has 21 heavy (non-hydrogen) atoms. The number of amides is 1. The molecule has 0 bridgehead atoms. The normalized spacial score (nSPS) is 19.0. The quantitative estimate of drug-likeness (QED) is 0.870. The molecule has 0 N–H and O–H groups in total. The van der Waals surface area contributed by atoms with Crippen LogP contribution in [0.5, 0.6) is 0 Å². The number of nitrogens with zero attached hydrogens (tertiary/aromatic N) is 3. The average molecular weight is 305 g/mol. The van der Waals surface area contributed by atoms with Crippen LogP contribution in [0.25, 0.3) is 10.8 Å². The topological polar surface area (TPSA) is 49.6 Å². The summed E-state index contributed by atoms with van der Waals surface area (Å²) in [6.45, 7) is 1.68. The maximum absolute atomic E-state index is 12.2. The summed E-state index contributed by atoms with van der Waals surface area (Å²) < 4.78 is 5.37. The molecule has 1 fully saturated rings. The number of hydrogen-bond donors (Lipinski definition) is 0. The van der Waals surface area contributed by atoms with Crippen molar-refractivity contribution in [3.05, 3.63) is 29.5 Å². The van der Waals surface area contributed by atoms with Gasteiger partial charge in [-0.25, -0.2) is 4.98 Å². The van der Waals surface area contributed by atoms with Crippen molar-refractivity contribution in [1.29, 1.82) is 0 Å². The summed E-state index contributed by atoms with van der Waals surface area (Å²) in [7, 11) is 3.63. The van der Waals surface area contributed by atoms with Crippen LogP contribution in [0.3, 0.4) is 0 Å². The molecule has 0 spiro atoms. The Bertz CT molecular complexity index is 606. The van der Waals surface area contributed by atoms with Crippen molar-refractivity contribution >= 4 is 17.2 Å². The lowest BCUT2D eigenvalue weighted by atomic mass is 10.2. The van der Waals surface area contributed by atoms with E-state index in [1.807, 2.05) is 31.6 Å². The second kappa shape index (κ2) is 5.99. The summed E-state index contributed by atoms with van der Waals surface area (Å²) in [5.41, 5.74) is 1.00. The van der Waals surface area contributed by atoms with Gasteiger partial charge in [0.05, 0.1) is 18.0 Å². The summed E-state index contributed by atoms with van der Waals surface area (Å²) in [4.78, 5) is 20.7. The number of likely N-dealkylation sites (N-methyl/N-ethyl adjacent to an activating group) is 1. The molecule has 0 aromatic carbocycles. The van der Waals surface area contributed by atoms with Gasteiger partial charge in [0.25, 0.3) is 0 Å². The predicted octanol–water partition coefficient (Wildman–Crippen LogP) is 2.46. The minimum atomic E-state index is -0.00578.